The van der Waals surface area contributed by atoms with Crippen LogP contribution in [-0.4, -0.2) is 48.4 Å². The zero-order valence-electron chi connectivity index (χ0n) is 18.9. The molecule has 10 heteroatoms. The first kappa shape index (κ1) is 23.5. The fourth-order valence-electron chi connectivity index (χ4n) is 4.38. The van der Waals surface area contributed by atoms with Crippen LogP contribution in [0.3, 0.4) is 0 Å². The molecule has 0 spiro atoms. The van der Waals surface area contributed by atoms with Crippen molar-refractivity contribution in [1.82, 2.24) is 20.9 Å². The van der Waals surface area contributed by atoms with E-state index in [2.05, 4.69) is 27.0 Å². The first-order valence-electron chi connectivity index (χ1n) is 11.5. The molecule has 9 nitrogen and oxygen atoms in total. The molecule has 34 heavy (non-hydrogen) atoms. The van der Waals surface area contributed by atoms with Crippen LogP contribution in [0, 0.1) is 29.0 Å². The molecule has 1 saturated carbocycles. The Kier molecular flexibility index (Phi) is 7.01. The zero-order chi connectivity index (χ0) is 24.2. The van der Waals surface area contributed by atoms with E-state index in [1.165, 1.54) is 19.2 Å². The third-order valence-electron chi connectivity index (χ3n) is 6.41. The number of nitrogens with zero attached hydrogens (tertiary/aromatic N) is 1. The van der Waals surface area contributed by atoms with Gasteiger partial charge >= 0.3 is 0 Å². The average molecular weight is 470 g/mol. The summed E-state index contributed by atoms with van der Waals surface area (Å²) in [5, 5.41) is 18.3. The molecule has 0 radical (unpaired) electrons. The van der Waals surface area contributed by atoms with E-state index in [9.17, 15) is 24.0 Å². The molecule has 180 valence electrons. The lowest BCUT2D eigenvalue weighted by Crippen LogP contribution is -2.50. The van der Waals surface area contributed by atoms with Crippen LogP contribution in [-0.2, 0) is 9.59 Å². The van der Waals surface area contributed by atoms with E-state index in [0.717, 1.165) is 19.3 Å². The molecule has 3 atom stereocenters. The molecular weight excluding hydrogens is 441 g/mol. The second-order valence-corrected chi connectivity index (χ2v) is 9.01. The highest BCUT2D eigenvalue weighted by atomic mass is 19.1. The number of halogens is 1. The third-order valence-corrected chi connectivity index (χ3v) is 6.41. The van der Waals surface area contributed by atoms with Crippen molar-refractivity contribution in [2.24, 2.45) is 11.8 Å². The number of hydrogen-bond acceptors (Lipinski definition) is 5. The van der Waals surface area contributed by atoms with Crippen molar-refractivity contribution in [3.63, 3.8) is 0 Å². The number of amides is 3. The summed E-state index contributed by atoms with van der Waals surface area (Å²) in [4.78, 5) is 40.9. The Morgan fingerprint density at radius 3 is 2.71 bits per heavy atom. The summed E-state index contributed by atoms with van der Waals surface area (Å²) in [6, 6.07) is 4.45. The summed E-state index contributed by atoms with van der Waals surface area (Å²) in [5.41, 5.74) is 0.573. The number of carbonyl (C=O) groups is 3. The minimum Gasteiger partial charge on any atom is -0.496 e. The second kappa shape index (κ2) is 10.1. The van der Waals surface area contributed by atoms with Crippen LogP contribution in [0.15, 0.2) is 18.2 Å². The van der Waals surface area contributed by atoms with E-state index in [-0.39, 0.29) is 23.9 Å². The number of aromatic nitrogens is 1. The van der Waals surface area contributed by atoms with Gasteiger partial charge in [-0.25, -0.2) is 4.39 Å². The third kappa shape index (κ3) is 5.47. The van der Waals surface area contributed by atoms with Crippen LogP contribution >= 0.6 is 0 Å². The number of hydrogen-bond donors (Lipinski definition) is 4. The van der Waals surface area contributed by atoms with Gasteiger partial charge in [0.2, 0.25) is 11.8 Å². The molecule has 1 saturated heterocycles. The molecular formula is C24H28FN5O4. The number of benzene rings is 1. The van der Waals surface area contributed by atoms with Crippen molar-refractivity contribution < 1.29 is 23.5 Å². The van der Waals surface area contributed by atoms with E-state index in [1.54, 1.807) is 6.07 Å². The number of methoxy groups -OCH3 is 1. The van der Waals surface area contributed by atoms with Gasteiger partial charge in [0.25, 0.3) is 5.91 Å². The van der Waals surface area contributed by atoms with Gasteiger partial charge in [-0.15, -0.1) is 0 Å². The van der Waals surface area contributed by atoms with Crippen LogP contribution < -0.4 is 20.7 Å². The Bertz CT molecular complexity index is 1140. The molecule has 1 aromatic carbocycles. The lowest BCUT2D eigenvalue weighted by atomic mass is 9.92. The van der Waals surface area contributed by atoms with Crippen LogP contribution in [0.5, 0.6) is 5.75 Å². The molecule has 0 bridgehead atoms. The molecule has 2 aromatic rings. The number of H-pyrrole nitrogens is 1. The van der Waals surface area contributed by atoms with Gasteiger partial charge in [-0.2, -0.15) is 5.26 Å². The van der Waals surface area contributed by atoms with Gasteiger partial charge in [-0.1, -0.05) is 12.8 Å². The van der Waals surface area contributed by atoms with E-state index < -0.39 is 29.7 Å². The second-order valence-electron chi connectivity index (χ2n) is 9.01. The Hall–Kier alpha value is -3.61. The van der Waals surface area contributed by atoms with Gasteiger partial charge in [0.1, 0.15) is 29.3 Å². The summed E-state index contributed by atoms with van der Waals surface area (Å²) in [5.74, 6) is -1.27. The fraction of sp³-hybridized carbons (Fsp3) is 0.500. The predicted molar refractivity (Wildman–Crippen MR) is 121 cm³/mol. The van der Waals surface area contributed by atoms with E-state index in [4.69, 9.17) is 4.74 Å². The van der Waals surface area contributed by atoms with Gasteiger partial charge in [-0.3, -0.25) is 14.4 Å². The lowest BCUT2D eigenvalue weighted by Gasteiger charge is -2.25. The Morgan fingerprint density at radius 2 is 2.03 bits per heavy atom. The van der Waals surface area contributed by atoms with E-state index in [0.29, 0.717) is 42.0 Å². The number of nitrogens with one attached hydrogen (secondary N) is 4. The van der Waals surface area contributed by atoms with E-state index >= 15 is 0 Å². The number of nitriles is 1. The Balaban J connectivity index is 1.45. The van der Waals surface area contributed by atoms with Crippen molar-refractivity contribution in [3.05, 3.63) is 29.7 Å². The first-order chi connectivity index (χ1) is 16.4. The quantitative estimate of drug-likeness (QED) is 0.446. The summed E-state index contributed by atoms with van der Waals surface area (Å²) < 4.78 is 19.0. The number of aromatic amines is 1. The molecule has 3 unspecified atom stereocenters. The van der Waals surface area contributed by atoms with Crippen molar-refractivity contribution in [2.75, 3.05) is 13.7 Å². The lowest BCUT2D eigenvalue weighted by molar-refractivity contribution is -0.128. The van der Waals surface area contributed by atoms with Crippen LogP contribution in [0.1, 0.15) is 49.0 Å². The van der Waals surface area contributed by atoms with Crippen LogP contribution in [0.2, 0.25) is 0 Å². The van der Waals surface area contributed by atoms with Crippen LogP contribution in [0.25, 0.3) is 10.9 Å². The number of rotatable bonds is 9. The smallest absolute Gasteiger partial charge is 0.268 e. The average Bonchev–Trinajstić information content (AvgIpc) is 3.54. The monoisotopic (exact) mass is 469 g/mol. The number of carbonyl (C=O) groups excluding carboxylic acids is 3. The fourth-order valence-corrected chi connectivity index (χ4v) is 4.38. The van der Waals surface area contributed by atoms with Gasteiger partial charge in [0, 0.05) is 23.9 Å². The number of fused-ring (bicyclic) bond motifs is 1. The maximum atomic E-state index is 13.8. The topological polar surface area (TPSA) is 136 Å². The molecule has 3 amide bonds. The minimum atomic E-state index is -0.833. The first-order valence-corrected chi connectivity index (χ1v) is 11.5. The standard InChI is InChI=1S/C24H28FN5O4/c1-34-21-10-15(25)9-18-17(21)11-20(29-18)24(33)30-19(7-13-4-5-13)23(32)28-16(12-26)8-14-3-2-6-27-22(14)31/h9-11,13-14,16,19,29H,2-8H2,1H3,(H,27,31)(H,28,32)(H,30,33). The molecule has 4 N–H and O–H groups in total. The molecule has 2 aliphatic rings. The molecule has 1 aliphatic heterocycles. The molecule has 2 heterocycles. The highest BCUT2D eigenvalue weighted by molar-refractivity contribution is 6.01. The minimum absolute atomic E-state index is 0.103. The van der Waals surface area contributed by atoms with Gasteiger partial charge in [0.15, 0.2) is 0 Å². The normalized spacial score (nSPS) is 19.6. The van der Waals surface area contributed by atoms with Crippen molar-refractivity contribution in [2.45, 2.75) is 50.6 Å². The SMILES string of the molecule is COc1cc(F)cc2[nH]c(C(=O)NC(CC3CC3)C(=O)NC(C#N)CC3CCCNC3=O)cc12. The van der Waals surface area contributed by atoms with Crippen molar-refractivity contribution in [1.29, 1.82) is 5.26 Å². The molecule has 1 aliphatic carbocycles. The molecule has 4 rings (SSSR count). The number of piperidine rings is 1. The molecule has 2 fully saturated rings. The van der Waals surface area contributed by atoms with Crippen molar-refractivity contribution >= 4 is 28.6 Å². The predicted octanol–water partition coefficient (Wildman–Crippen LogP) is 2.14. The maximum Gasteiger partial charge on any atom is 0.268 e. The molecule has 1 aromatic heterocycles. The van der Waals surface area contributed by atoms with Gasteiger partial charge < -0.3 is 25.7 Å². The largest absolute Gasteiger partial charge is 0.496 e. The van der Waals surface area contributed by atoms with Crippen LogP contribution in [0.4, 0.5) is 4.39 Å². The highest BCUT2D eigenvalue weighted by Gasteiger charge is 2.33. The summed E-state index contributed by atoms with van der Waals surface area (Å²) in [6.45, 7) is 0.626. The highest BCUT2D eigenvalue weighted by Crippen LogP contribution is 2.34. The Morgan fingerprint density at radius 1 is 1.24 bits per heavy atom. The van der Waals surface area contributed by atoms with E-state index in [1.807, 2.05) is 0 Å². The summed E-state index contributed by atoms with van der Waals surface area (Å²) in [7, 11) is 1.42. The van der Waals surface area contributed by atoms with Gasteiger partial charge in [-0.05, 0) is 43.7 Å². The summed E-state index contributed by atoms with van der Waals surface area (Å²) >= 11 is 0. The van der Waals surface area contributed by atoms with Crippen molar-refractivity contribution in [3.8, 4) is 11.8 Å². The Labute approximate surface area is 196 Å². The van der Waals surface area contributed by atoms with Gasteiger partial charge in [0.05, 0.1) is 18.7 Å². The maximum absolute atomic E-state index is 13.8. The summed E-state index contributed by atoms with van der Waals surface area (Å²) in [6.07, 6.45) is 4.15. The number of ether oxygens (including phenoxy) is 1. The zero-order valence-corrected chi connectivity index (χ0v) is 18.9.